The number of hydrogen-bond donors (Lipinski definition) is 7. The van der Waals surface area contributed by atoms with Crippen LogP contribution in [0.15, 0.2) is 0 Å². The summed E-state index contributed by atoms with van der Waals surface area (Å²) in [7, 11) is 0. The Morgan fingerprint density at radius 2 is 1.07 bits per heavy atom. The Kier molecular flexibility index (Phi) is 16.1. The van der Waals surface area contributed by atoms with E-state index in [4.69, 9.17) is 9.84 Å². The summed E-state index contributed by atoms with van der Waals surface area (Å²) in [6, 6.07) is -4.21. The zero-order valence-electron chi connectivity index (χ0n) is 26.0. The van der Waals surface area contributed by atoms with E-state index in [2.05, 4.69) is 31.9 Å². The normalized spacial score (nSPS) is 14.1. The fraction of sp³-hybridized carbons (Fsp3) is 0.741. The lowest BCUT2D eigenvalue weighted by Crippen LogP contribution is -2.58. The Balaban J connectivity index is 5.27. The van der Waals surface area contributed by atoms with E-state index in [1.807, 2.05) is 27.7 Å². The van der Waals surface area contributed by atoms with Gasteiger partial charge >= 0.3 is 12.1 Å². The molecular weight excluding hydrogens is 552 g/mol. The molecule has 240 valence electrons. The summed E-state index contributed by atoms with van der Waals surface area (Å²) in [5.41, 5.74) is -0.749. The third-order valence-electron chi connectivity index (χ3n) is 5.41. The van der Waals surface area contributed by atoms with Gasteiger partial charge in [0, 0.05) is 0 Å². The smallest absolute Gasteiger partial charge is 0.408 e. The molecule has 6 amide bonds. The first kappa shape index (κ1) is 38.1. The molecule has 0 aliphatic carbocycles. The fourth-order valence-electron chi connectivity index (χ4n) is 3.49. The van der Waals surface area contributed by atoms with Gasteiger partial charge < -0.3 is 41.7 Å². The van der Waals surface area contributed by atoms with Gasteiger partial charge in [-0.05, 0) is 59.3 Å². The molecule has 0 spiro atoms. The van der Waals surface area contributed by atoms with Crippen LogP contribution in [0.5, 0.6) is 0 Å². The maximum Gasteiger partial charge on any atom is 0.408 e. The van der Waals surface area contributed by atoms with Crippen molar-refractivity contribution in [2.24, 2.45) is 11.8 Å². The number of hydrogen-bond acceptors (Lipinski definition) is 8. The van der Waals surface area contributed by atoms with Crippen molar-refractivity contribution in [2.45, 2.75) is 105 Å². The average molecular weight is 601 g/mol. The van der Waals surface area contributed by atoms with Crippen LogP contribution in [0.25, 0.3) is 0 Å². The summed E-state index contributed by atoms with van der Waals surface area (Å²) >= 11 is 0. The molecule has 15 nitrogen and oxygen atoms in total. The van der Waals surface area contributed by atoms with E-state index in [0.717, 1.165) is 0 Å². The van der Waals surface area contributed by atoms with Crippen molar-refractivity contribution in [3.8, 4) is 0 Å². The van der Waals surface area contributed by atoms with Crippen LogP contribution >= 0.6 is 0 Å². The first-order chi connectivity index (χ1) is 19.2. The van der Waals surface area contributed by atoms with Crippen LogP contribution in [-0.4, -0.2) is 89.6 Å². The van der Waals surface area contributed by atoms with Gasteiger partial charge in [-0.25, -0.2) is 4.79 Å². The molecule has 0 saturated carbocycles. The first-order valence-corrected chi connectivity index (χ1v) is 13.9. The van der Waals surface area contributed by atoms with Crippen LogP contribution in [-0.2, 0) is 33.5 Å². The fourth-order valence-corrected chi connectivity index (χ4v) is 3.49. The number of carboxylic acid groups (broad SMARTS) is 1. The second-order valence-electron chi connectivity index (χ2n) is 11.9. The first-order valence-electron chi connectivity index (χ1n) is 13.9. The Labute approximate surface area is 247 Å². The van der Waals surface area contributed by atoms with Crippen LogP contribution < -0.4 is 31.9 Å². The lowest BCUT2D eigenvalue weighted by Gasteiger charge is -2.25. The summed E-state index contributed by atoms with van der Waals surface area (Å²) in [5.74, 6) is -4.57. The van der Waals surface area contributed by atoms with Crippen molar-refractivity contribution in [1.29, 1.82) is 0 Å². The lowest BCUT2D eigenvalue weighted by atomic mass is 10.0. The third kappa shape index (κ3) is 17.0. The Hall–Kier alpha value is -3.91. The summed E-state index contributed by atoms with van der Waals surface area (Å²) < 4.78 is 5.09. The van der Waals surface area contributed by atoms with Gasteiger partial charge in [-0.1, -0.05) is 27.7 Å². The van der Waals surface area contributed by atoms with Crippen molar-refractivity contribution in [3.05, 3.63) is 0 Å². The molecule has 7 N–H and O–H groups in total. The van der Waals surface area contributed by atoms with Crippen molar-refractivity contribution in [1.82, 2.24) is 31.9 Å². The molecule has 0 fully saturated rings. The molecule has 0 unspecified atom stereocenters. The zero-order valence-corrected chi connectivity index (χ0v) is 26.0. The molecule has 0 bridgehead atoms. The number of rotatable bonds is 16. The molecule has 0 aromatic heterocycles. The lowest BCUT2D eigenvalue weighted by molar-refractivity contribution is -0.138. The molecule has 0 aromatic carbocycles. The third-order valence-corrected chi connectivity index (χ3v) is 5.41. The van der Waals surface area contributed by atoms with Gasteiger partial charge in [-0.15, -0.1) is 0 Å². The predicted octanol–water partition coefficient (Wildman–Crippen LogP) is -0.217. The maximum atomic E-state index is 13.0. The van der Waals surface area contributed by atoms with E-state index >= 15 is 0 Å². The summed E-state index contributed by atoms with van der Waals surface area (Å²) in [5, 5.41) is 23.3. The predicted molar refractivity (Wildman–Crippen MR) is 153 cm³/mol. The van der Waals surface area contributed by atoms with E-state index in [1.54, 1.807) is 20.8 Å². The van der Waals surface area contributed by atoms with Gasteiger partial charge in [0.15, 0.2) is 0 Å². The van der Waals surface area contributed by atoms with Gasteiger partial charge in [-0.3, -0.25) is 28.8 Å². The second-order valence-corrected chi connectivity index (χ2v) is 11.9. The summed E-state index contributed by atoms with van der Waals surface area (Å²) in [4.78, 5) is 85.7. The molecule has 0 aliphatic heterocycles. The highest BCUT2D eigenvalue weighted by Gasteiger charge is 2.29. The highest BCUT2D eigenvalue weighted by molar-refractivity contribution is 5.95. The van der Waals surface area contributed by atoms with E-state index < -0.39 is 84.5 Å². The van der Waals surface area contributed by atoms with E-state index in [-0.39, 0.29) is 24.7 Å². The topological polar surface area (TPSA) is 221 Å². The highest BCUT2D eigenvalue weighted by Crippen LogP contribution is 2.08. The molecule has 0 aliphatic rings. The number of carboxylic acids is 1. The van der Waals surface area contributed by atoms with Gasteiger partial charge in [-0.2, -0.15) is 0 Å². The Morgan fingerprint density at radius 1 is 0.619 bits per heavy atom. The van der Waals surface area contributed by atoms with Gasteiger partial charge in [0.1, 0.15) is 42.9 Å². The molecule has 0 saturated heterocycles. The molecule has 0 rings (SSSR count). The number of carbonyl (C=O) groups excluding carboxylic acids is 6. The molecular formula is C27H48N6O9. The Bertz CT molecular complexity index is 978. The quantitative estimate of drug-likeness (QED) is 0.124. The van der Waals surface area contributed by atoms with Gasteiger partial charge in [0.05, 0.1) is 0 Å². The molecule has 0 radical (unpaired) electrons. The average Bonchev–Trinajstić information content (AvgIpc) is 2.83. The standard InChI is InChI=1S/C27H48N6O9/c1-14(2)10-18(32-20(34)12-29-26(41)42-27(7,8)9)24(39)31-17(6)23(38)33-19(11-15(3)4)25(40)30-16(5)22(37)28-13-21(35)36/h14-19H,10-13H2,1-9H3,(H,28,37)(H,29,41)(H,30,40)(H,31,39)(H,32,34)(H,33,38)(H,35,36)/t16-,17-,18-,19-/m0/s1. The van der Waals surface area contributed by atoms with Gasteiger partial charge in [0.25, 0.3) is 0 Å². The molecule has 4 atom stereocenters. The molecule has 15 heteroatoms. The summed E-state index contributed by atoms with van der Waals surface area (Å²) in [6.45, 7) is 14.1. The minimum absolute atomic E-state index is 0.00203. The van der Waals surface area contributed by atoms with Crippen LogP contribution in [0.3, 0.4) is 0 Å². The van der Waals surface area contributed by atoms with E-state index in [0.29, 0.717) is 0 Å². The summed E-state index contributed by atoms with van der Waals surface area (Å²) in [6.07, 6.45) is -0.320. The van der Waals surface area contributed by atoms with Gasteiger partial charge in [0.2, 0.25) is 29.5 Å². The largest absolute Gasteiger partial charge is 0.480 e. The molecule has 0 aromatic rings. The van der Waals surface area contributed by atoms with Crippen molar-refractivity contribution in [3.63, 3.8) is 0 Å². The Morgan fingerprint density at radius 3 is 1.50 bits per heavy atom. The van der Waals surface area contributed by atoms with Crippen LogP contribution in [0.2, 0.25) is 0 Å². The number of aliphatic carboxylic acids is 1. The molecule has 42 heavy (non-hydrogen) atoms. The van der Waals surface area contributed by atoms with E-state index in [1.165, 1.54) is 13.8 Å². The molecule has 0 heterocycles. The van der Waals surface area contributed by atoms with Crippen molar-refractivity contribution in [2.75, 3.05) is 13.1 Å². The van der Waals surface area contributed by atoms with Crippen molar-refractivity contribution < 1.29 is 43.4 Å². The maximum absolute atomic E-state index is 13.0. The van der Waals surface area contributed by atoms with Crippen LogP contribution in [0.1, 0.15) is 75.2 Å². The minimum atomic E-state index is -1.24. The van der Waals surface area contributed by atoms with Crippen molar-refractivity contribution >= 4 is 41.6 Å². The monoisotopic (exact) mass is 600 g/mol. The minimum Gasteiger partial charge on any atom is -0.480 e. The zero-order chi connectivity index (χ0) is 32.8. The number of nitrogens with one attached hydrogen (secondary N) is 6. The second kappa shape index (κ2) is 17.8. The van der Waals surface area contributed by atoms with Crippen LogP contribution in [0, 0.1) is 11.8 Å². The number of amides is 6. The highest BCUT2D eigenvalue weighted by atomic mass is 16.6. The number of carbonyl (C=O) groups is 7. The number of alkyl carbamates (subject to hydrolysis) is 1. The number of ether oxygens (including phenoxy) is 1. The van der Waals surface area contributed by atoms with Crippen LogP contribution in [0.4, 0.5) is 4.79 Å². The van der Waals surface area contributed by atoms with E-state index in [9.17, 15) is 33.6 Å². The SMILES string of the molecule is CC(C)C[C@H](NC(=O)CNC(=O)OC(C)(C)C)C(=O)N[C@@H](C)C(=O)N[C@@H](CC(C)C)C(=O)N[C@@H](C)C(=O)NCC(=O)O.